The predicted octanol–water partition coefficient (Wildman–Crippen LogP) is 5.37. The number of nitrogens with zero attached hydrogens (tertiary/aromatic N) is 1. The average molecular weight is 388 g/mol. The van der Waals surface area contributed by atoms with Crippen LogP contribution < -0.4 is 16.0 Å². The summed E-state index contributed by atoms with van der Waals surface area (Å²) in [6.07, 6.45) is 1.74. The SMILES string of the molecule is Cc1ccc(CNC(=S)Nc2ccc(Nc3ccc4ccccc4c3)nc2)o1. The van der Waals surface area contributed by atoms with Crippen LogP contribution in [0.15, 0.2) is 77.3 Å². The van der Waals surface area contributed by atoms with Gasteiger partial charge in [0.25, 0.3) is 0 Å². The van der Waals surface area contributed by atoms with Crippen LogP contribution in [0.4, 0.5) is 17.2 Å². The lowest BCUT2D eigenvalue weighted by Crippen LogP contribution is -2.27. The Labute approximate surface area is 168 Å². The third-order valence-electron chi connectivity index (χ3n) is 4.26. The summed E-state index contributed by atoms with van der Waals surface area (Å²) in [5, 5.41) is 12.5. The van der Waals surface area contributed by atoms with Crippen molar-refractivity contribution in [3.63, 3.8) is 0 Å². The van der Waals surface area contributed by atoms with Gasteiger partial charge in [0, 0.05) is 5.69 Å². The van der Waals surface area contributed by atoms with Gasteiger partial charge in [-0.25, -0.2) is 4.98 Å². The van der Waals surface area contributed by atoms with Crippen molar-refractivity contribution in [1.29, 1.82) is 0 Å². The zero-order chi connectivity index (χ0) is 19.3. The second-order valence-corrected chi connectivity index (χ2v) is 6.85. The normalized spacial score (nSPS) is 10.6. The van der Waals surface area contributed by atoms with Crippen molar-refractivity contribution in [2.75, 3.05) is 10.6 Å². The van der Waals surface area contributed by atoms with Gasteiger partial charge in [-0.05, 0) is 66.3 Å². The summed E-state index contributed by atoms with van der Waals surface area (Å²) in [5.74, 6) is 2.50. The van der Waals surface area contributed by atoms with Gasteiger partial charge in [-0.3, -0.25) is 0 Å². The van der Waals surface area contributed by atoms with Crippen LogP contribution in [0.25, 0.3) is 10.8 Å². The topological polar surface area (TPSA) is 62.1 Å². The summed E-state index contributed by atoms with van der Waals surface area (Å²) in [4.78, 5) is 4.45. The average Bonchev–Trinajstić information content (AvgIpc) is 3.13. The molecule has 140 valence electrons. The van der Waals surface area contributed by atoms with Gasteiger partial charge in [-0.15, -0.1) is 0 Å². The first-order chi connectivity index (χ1) is 13.7. The monoisotopic (exact) mass is 388 g/mol. The molecule has 5 nitrogen and oxygen atoms in total. The molecule has 0 amide bonds. The molecule has 6 heteroatoms. The van der Waals surface area contributed by atoms with Crippen LogP contribution in [-0.2, 0) is 6.54 Å². The number of benzene rings is 2. The Hall–Kier alpha value is -3.38. The van der Waals surface area contributed by atoms with Crippen molar-refractivity contribution in [2.24, 2.45) is 0 Å². The molecule has 0 atom stereocenters. The molecular weight excluding hydrogens is 368 g/mol. The molecule has 2 aromatic carbocycles. The van der Waals surface area contributed by atoms with Gasteiger partial charge >= 0.3 is 0 Å². The summed E-state index contributed by atoms with van der Waals surface area (Å²) in [7, 11) is 0. The van der Waals surface area contributed by atoms with Gasteiger partial charge in [0.15, 0.2) is 5.11 Å². The molecule has 0 spiro atoms. The van der Waals surface area contributed by atoms with E-state index in [0.29, 0.717) is 11.7 Å². The van der Waals surface area contributed by atoms with Gasteiger partial charge in [-0.2, -0.15) is 0 Å². The lowest BCUT2D eigenvalue weighted by Gasteiger charge is -2.11. The standard InChI is InChI=1S/C22H20N4OS/c1-15-6-10-20(27-15)14-24-22(28)26-19-9-11-21(23-13-19)25-18-8-7-16-4-2-3-5-17(16)12-18/h2-13H,14H2,1H3,(H,23,25)(H2,24,26,28). The first kappa shape index (κ1) is 18.0. The maximum absolute atomic E-state index is 5.51. The Morgan fingerprint density at radius 3 is 2.54 bits per heavy atom. The quantitative estimate of drug-likeness (QED) is 0.400. The van der Waals surface area contributed by atoms with E-state index in [4.69, 9.17) is 16.6 Å². The number of aryl methyl sites for hydroxylation is 1. The van der Waals surface area contributed by atoms with Crippen molar-refractivity contribution < 1.29 is 4.42 Å². The van der Waals surface area contributed by atoms with Gasteiger partial charge < -0.3 is 20.4 Å². The molecule has 0 saturated heterocycles. The van der Waals surface area contributed by atoms with Crippen LogP contribution >= 0.6 is 12.2 Å². The molecule has 0 aliphatic heterocycles. The Bertz CT molecular complexity index is 1100. The third kappa shape index (κ3) is 4.47. The van der Waals surface area contributed by atoms with Crippen LogP contribution in [0.2, 0.25) is 0 Å². The highest BCUT2D eigenvalue weighted by Crippen LogP contribution is 2.22. The molecule has 2 aromatic heterocycles. The molecule has 28 heavy (non-hydrogen) atoms. The molecule has 0 aliphatic rings. The Balaban J connectivity index is 1.34. The zero-order valence-corrected chi connectivity index (χ0v) is 16.2. The van der Waals surface area contributed by atoms with Gasteiger partial charge in [-0.1, -0.05) is 30.3 Å². The van der Waals surface area contributed by atoms with E-state index in [2.05, 4.69) is 45.2 Å². The molecule has 0 unspecified atom stereocenters. The summed E-state index contributed by atoms with van der Waals surface area (Å²) in [5.41, 5.74) is 1.81. The van der Waals surface area contributed by atoms with Crippen LogP contribution in [0.1, 0.15) is 11.5 Å². The van der Waals surface area contributed by atoms with E-state index in [-0.39, 0.29) is 0 Å². The molecule has 0 saturated carbocycles. The van der Waals surface area contributed by atoms with Crippen molar-refractivity contribution in [3.05, 3.63) is 84.4 Å². The number of rotatable bonds is 5. The third-order valence-corrected chi connectivity index (χ3v) is 4.51. The van der Waals surface area contributed by atoms with E-state index in [1.54, 1.807) is 6.20 Å². The molecule has 4 aromatic rings. The predicted molar refractivity (Wildman–Crippen MR) is 118 cm³/mol. The maximum atomic E-state index is 5.51. The number of thiocarbonyl (C=S) groups is 1. The Morgan fingerprint density at radius 2 is 1.79 bits per heavy atom. The number of nitrogens with one attached hydrogen (secondary N) is 3. The second-order valence-electron chi connectivity index (χ2n) is 6.44. The summed E-state index contributed by atoms with van der Waals surface area (Å²) in [6.45, 7) is 2.45. The highest BCUT2D eigenvalue weighted by molar-refractivity contribution is 7.80. The van der Waals surface area contributed by atoms with Crippen molar-refractivity contribution in [2.45, 2.75) is 13.5 Å². The molecule has 0 bridgehead atoms. The van der Waals surface area contributed by atoms with Gasteiger partial charge in [0.2, 0.25) is 0 Å². The molecular formula is C22H20N4OS. The fraction of sp³-hybridized carbons (Fsp3) is 0.0909. The van der Waals surface area contributed by atoms with Crippen molar-refractivity contribution in [1.82, 2.24) is 10.3 Å². The number of hydrogen-bond donors (Lipinski definition) is 3. The van der Waals surface area contributed by atoms with E-state index in [1.807, 2.05) is 49.4 Å². The maximum Gasteiger partial charge on any atom is 0.171 e. The minimum atomic E-state index is 0.520. The number of fused-ring (bicyclic) bond motifs is 1. The minimum absolute atomic E-state index is 0.520. The van der Waals surface area contributed by atoms with E-state index >= 15 is 0 Å². The largest absolute Gasteiger partial charge is 0.465 e. The summed E-state index contributed by atoms with van der Waals surface area (Å²) < 4.78 is 5.51. The van der Waals surface area contributed by atoms with Gasteiger partial charge in [0.05, 0.1) is 18.4 Å². The first-order valence-corrected chi connectivity index (χ1v) is 9.38. The fourth-order valence-corrected chi connectivity index (χ4v) is 3.07. The summed E-state index contributed by atoms with van der Waals surface area (Å²) >= 11 is 5.32. The zero-order valence-electron chi connectivity index (χ0n) is 15.4. The number of pyridine rings is 1. The highest BCUT2D eigenvalue weighted by atomic mass is 32.1. The number of anilines is 3. The van der Waals surface area contributed by atoms with E-state index < -0.39 is 0 Å². The van der Waals surface area contributed by atoms with Gasteiger partial charge in [0.1, 0.15) is 17.3 Å². The minimum Gasteiger partial charge on any atom is -0.465 e. The van der Waals surface area contributed by atoms with E-state index in [1.165, 1.54) is 10.8 Å². The van der Waals surface area contributed by atoms with Crippen molar-refractivity contribution in [3.8, 4) is 0 Å². The van der Waals surface area contributed by atoms with Crippen molar-refractivity contribution >= 4 is 45.3 Å². The molecule has 0 fully saturated rings. The Morgan fingerprint density at radius 1 is 0.964 bits per heavy atom. The molecule has 3 N–H and O–H groups in total. The number of aromatic nitrogens is 1. The molecule has 0 aliphatic carbocycles. The highest BCUT2D eigenvalue weighted by Gasteiger charge is 2.03. The lowest BCUT2D eigenvalue weighted by molar-refractivity contribution is 0.478. The van der Waals surface area contributed by atoms with E-state index in [9.17, 15) is 0 Å². The van der Waals surface area contributed by atoms with Crippen LogP contribution in [0.5, 0.6) is 0 Å². The molecule has 0 radical (unpaired) electrons. The van der Waals surface area contributed by atoms with Crippen LogP contribution in [0, 0.1) is 6.92 Å². The van der Waals surface area contributed by atoms with Crippen LogP contribution in [0.3, 0.4) is 0 Å². The van der Waals surface area contributed by atoms with Crippen LogP contribution in [-0.4, -0.2) is 10.1 Å². The lowest BCUT2D eigenvalue weighted by atomic mass is 10.1. The fourth-order valence-electron chi connectivity index (χ4n) is 2.88. The smallest absolute Gasteiger partial charge is 0.171 e. The van der Waals surface area contributed by atoms with E-state index in [0.717, 1.165) is 28.7 Å². The number of furan rings is 1. The second kappa shape index (κ2) is 8.10. The first-order valence-electron chi connectivity index (χ1n) is 8.98. The Kier molecular flexibility index (Phi) is 5.21. The summed E-state index contributed by atoms with van der Waals surface area (Å²) in [6, 6.07) is 22.2. The number of hydrogen-bond acceptors (Lipinski definition) is 4. The molecule has 4 rings (SSSR count). The molecule has 2 heterocycles.